The van der Waals surface area contributed by atoms with Crippen molar-refractivity contribution in [2.75, 3.05) is 12.3 Å². The first kappa shape index (κ1) is 21.2. The molecule has 0 fully saturated rings. The number of aromatic nitrogens is 3. The van der Waals surface area contributed by atoms with E-state index in [-0.39, 0.29) is 5.97 Å². The Hall–Kier alpha value is -2.55. The number of halogens is 1. The Labute approximate surface area is 181 Å². The number of hydrogen-bond donors (Lipinski definition) is 1. The van der Waals surface area contributed by atoms with E-state index in [1.807, 2.05) is 36.7 Å². The average molecular weight is 447 g/mol. The molecule has 0 aromatic carbocycles. The standard InChI is InChI=1S/C12H8ClN3S.C8H11NO2S/c1-7-6-17-12-9(7)10(13)15-11(16-12)8-2-4-14-5-3-8;1-3-11-8(10)6-5(2)4-12-7(6)9/h2-6H,1H3;4H,3,9H2,1-2H3. The molecule has 0 aliphatic carbocycles. The van der Waals surface area contributed by atoms with E-state index in [1.54, 1.807) is 30.7 Å². The van der Waals surface area contributed by atoms with Crippen LogP contribution in [-0.2, 0) is 4.74 Å². The number of carbonyl (C=O) groups is 1. The van der Waals surface area contributed by atoms with Crippen molar-refractivity contribution in [1.82, 2.24) is 15.0 Å². The SMILES string of the molecule is CCOC(=O)c1c(C)csc1N.Cc1csc2nc(-c3ccncc3)nc(Cl)c12. The van der Waals surface area contributed by atoms with Crippen LogP contribution in [0.2, 0.25) is 5.15 Å². The molecule has 0 saturated heterocycles. The molecule has 150 valence electrons. The van der Waals surface area contributed by atoms with Crippen LogP contribution in [0, 0.1) is 13.8 Å². The van der Waals surface area contributed by atoms with E-state index in [4.69, 9.17) is 22.1 Å². The third-order valence-corrected chi connectivity index (χ3v) is 6.19. The fourth-order valence-electron chi connectivity index (χ4n) is 2.59. The van der Waals surface area contributed by atoms with Crippen LogP contribution in [0.15, 0.2) is 35.3 Å². The monoisotopic (exact) mass is 446 g/mol. The Kier molecular flexibility index (Phi) is 6.79. The van der Waals surface area contributed by atoms with Gasteiger partial charge in [0.05, 0.1) is 17.6 Å². The summed E-state index contributed by atoms with van der Waals surface area (Å²) in [5.41, 5.74) is 9.04. The van der Waals surface area contributed by atoms with Gasteiger partial charge in [-0.05, 0) is 54.8 Å². The maximum Gasteiger partial charge on any atom is 0.341 e. The van der Waals surface area contributed by atoms with Gasteiger partial charge < -0.3 is 10.5 Å². The highest BCUT2D eigenvalue weighted by molar-refractivity contribution is 7.17. The molecular formula is C20H19ClN4O2S2. The minimum atomic E-state index is -0.325. The normalized spacial score (nSPS) is 10.5. The Morgan fingerprint density at radius 1 is 1.14 bits per heavy atom. The van der Waals surface area contributed by atoms with Gasteiger partial charge >= 0.3 is 5.97 Å². The number of carbonyl (C=O) groups excluding carboxylic acids is 1. The van der Waals surface area contributed by atoms with Crippen molar-refractivity contribution in [1.29, 1.82) is 0 Å². The van der Waals surface area contributed by atoms with E-state index in [0.717, 1.165) is 26.9 Å². The van der Waals surface area contributed by atoms with E-state index >= 15 is 0 Å². The molecule has 2 N–H and O–H groups in total. The summed E-state index contributed by atoms with van der Waals surface area (Å²) in [4.78, 5) is 25.0. The van der Waals surface area contributed by atoms with E-state index in [0.29, 0.717) is 28.1 Å². The minimum absolute atomic E-state index is 0.325. The van der Waals surface area contributed by atoms with Crippen LogP contribution in [0.25, 0.3) is 21.6 Å². The number of anilines is 1. The predicted octanol–water partition coefficient (Wildman–Crippen LogP) is 5.53. The maximum absolute atomic E-state index is 11.3. The number of pyridine rings is 1. The molecular weight excluding hydrogens is 428 g/mol. The van der Waals surface area contributed by atoms with Crippen molar-refractivity contribution in [2.45, 2.75) is 20.8 Å². The molecule has 0 saturated carbocycles. The molecule has 0 amide bonds. The first-order valence-electron chi connectivity index (χ1n) is 8.74. The lowest BCUT2D eigenvalue weighted by molar-refractivity contribution is 0.0527. The second kappa shape index (κ2) is 9.30. The van der Waals surface area contributed by atoms with Crippen LogP contribution in [0.4, 0.5) is 5.00 Å². The first-order chi connectivity index (χ1) is 13.9. The van der Waals surface area contributed by atoms with Gasteiger partial charge in [0.25, 0.3) is 0 Å². The highest BCUT2D eigenvalue weighted by Crippen LogP contribution is 2.31. The third-order valence-electron chi connectivity index (χ3n) is 3.99. The summed E-state index contributed by atoms with van der Waals surface area (Å²) in [5, 5.41) is 5.89. The van der Waals surface area contributed by atoms with Crippen molar-refractivity contribution < 1.29 is 9.53 Å². The zero-order valence-corrected chi connectivity index (χ0v) is 18.5. The molecule has 0 aliphatic heterocycles. The fraction of sp³-hybridized carbons (Fsp3) is 0.200. The van der Waals surface area contributed by atoms with E-state index in [1.165, 1.54) is 11.3 Å². The number of nitrogen functional groups attached to an aromatic ring is 1. The maximum atomic E-state index is 11.3. The Balaban J connectivity index is 0.000000177. The molecule has 0 aliphatic rings. The van der Waals surface area contributed by atoms with E-state index < -0.39 is 0 Å². The molecule has 6 nitrogen and oxygen atoms in total. The zero-order chi connectivity index (χ0) is 21.0. The Morgan fingerprint density at radius 3 is 2.45 bits per heavy atom. The lowest BCUT2D eigenvalue weighted by atomic mass is 10.2. The second-order valence-corrected chi connectivity index (χ2v) is 8.18. The summed E-state index contributed by atoms with van der Waals surface area (Å²) >= 11 is 9.15. The number of fused-ring (bicyclic) bond motifs is 1. The molecule has 4 heterocycles. The van der Waals surface area contributed by atoms with Gasteiger partial charge in [-0.15, -0.1) is 22.7 Å². The van der Waals surface area contributed by atoms with Crippen LogP contribution in [0.1, 0.15) is 28.4 Å². The van der Waals surface area contributed by atoms with Crippen molar-refractivity contribution in [3.8, 4) is 11.4 Å². The summed E-state index contributed by atoms with van der Waals surface area (Å²) in [6, 6.07) is 3.75. The summed E-state index contributed by atoms with van der Waals surface area (Å²) in [7, 11) is 0. The van der Waals surface area contributed by atoms with Gasteiger partial charge in [-0.3, -0.25) is 4.98 Å². The molecule has 4 aromatic rings. The minimum Gasteiger partial charge on any atom is -0.462 e. The Morgan fingerprint density at radius 2 is 1.83 bits per heavy atom. The van der Waals surface area contributed by atoms with Gasteiger partial charge in [0.2, 0.25) is 0 Å². The molecule has 4 aromatic heterocycles. The smallest absolute Gasteiger partial charge is 0.341 e. The van der Waals surface area contributed by atoms with Gasteiger partial charge in [-0.25, -0.2) is 14.8 Å². The number of hydrogen-bond acceptors (Lipinski definition) is 8. The molecule has 0 unspecified atom stereocenters. The second-order valence-electron chi connectivity index (χ2n) is 6.05. The number of ether oxygens (including phenoxy) is 1. The molecule has 0 spiro atoms. The molecule has 9 heteroatoms. The van der Waals surface area contributed by atoms with Crippen molar-refractivity contribution in [2.24, 2.45) is 0 Å². The van der Waals surface area contributed by atoms with Crippen LogP contribution in [-0.4, -0.2) is 27.5 Å². The van der Waals surface area contributed by atoms with Gasteiger partial charge in [0.1, 0.15) is 15.0 Å². The summed E-state index contributed by atoms with van der Waals surface area (Å²) in [6.07, 6.45) is 3.44. The quantitative estimate of drug-likeness (QED) is 0.328. The molecule has 4 rings (SSSR count). The van der Waals surface area contributed by atoms with Crippen LogP contribution < -0.4 is 5.73 Å². The van der Waals surface area contributed by atoms with Gasteiger partial charge in [0, 0.05) is 18.0 Å². The van der Waals surface area contributed by atoms with Crippen molar-refractivity contribution >= 4 is 55.5 Å². The first-order valence-corrected chi connectivity index (χ1v) is 10.9. The van der Waals surface area contributed by atoms with E-state index in [9.17, 15) is 4.79 Å². The van der Waals surface area contributed by atoms with E-state index in [2.05, 4.69) is 15.0 Å². The van der Waals surface area contributed by atoms with Gasteiger partial charge in [0.15, 0.2) is 5.82 Å². The lowest BCUT2D eigenvalue weighted by Crippen LogP contribution is -2.06. The van der Waals surface area contributed by atoms with Crippen LogP contribution in [0.5, 0.6) is 0 Å². The summed E-state index contributed by atoms with van der Waals surface area (Å²) < 4.78 is 4.84. The largest absolute Gasteiger partial charge is 0.462 e. The number of nitrogens with zero attached hydrogens (tertiary/aromatic N) is 3. The summed E-state index contributed by atoms with van der Waals surface area (Å²) in [6.45, 7) is 6.02. The Bertz CT molecular complexity index is 1120. The fourth-order valence-corrected chi connectivity index (χ4v) is 4.67. The molecule has 29 heavy (non-hydrogen) atoms. The van der Waals surface area contributed by atoms with Crippen LogP contribution in [0.3, 0.4) is 0 Å². The van der Waals surface area contributed by atoms with Gasteiger partial charge in [-0.1, -0.05) is 11.6 Å². The van der Waals surface area contributed by atoms with Crippen LogP contribution >= 0.6 is 34.3 Å². The van der Waals surface area contributed by atoms with Gasteiger partial charge in [-0.2, -0.15) is 0 Å². The molecule has 0 radical (unpaired) electrons. The highest BCUT2D eigenvalue weighted by atomic mass is 35.5. The number of thiophene rings is 2. The van der Waals surface area contributed by atoms with Crippen molar-refractivity contribution in [3.05, 3.63) is 57.1 Å². The zero-order valence-electron chi connectivity index (χ0n) is 16.1. The molecule has 0 atom stereocenters. The number of aryl methyl sites for hydroxylation is 2. The predicted molar refractivity (Wildman–Crippen MR) is 120 cm³/mol. The topological polar surface area (TPSA) is 91.0 Å². The van der Waals surface area contributed by atoms with Crippen molar-refractivity contribution in [3.63, 3.8) is 0 Å². The number of rotatable bonds is 3. The summed E-state index contributed by atoms with van der Waals surface area (Å²) in [5.74, 6) is 0.320. The number of nitrogens with two attached hydrogens (primary N) is 1. The third kappa shape index (κ3) is 4.72. The average Bonchev–Trinajstić information content (AvgIpc) is 3.25. The molecule has 0 bridgehead atoms. The highest BCUT2D eigenvalue weighted by Gasteiger charge is 2.15. The lowest BCUT2D eigenvalue weighted by Gasteiger charge is -2.01. The number of esters is 1.